The first-order valence-corrected chi connectivity index (χ1v) is 5.49. The average molecular weight is 169 g/mol. The highest BCUT2D eigenvalue weighted by molar-refractivity contribution is 4.79. The largest absolute Gasteiger partial charge is 0.328 e. The van der Waals surface area contributed by atoms with E-state index < -0.39 is 0 Å². The Morgan fingerprint density at radius 3 is 2.75 bits per heavy atom. The number of hydrogen-bond acceptors (Lipinski definition) is 1. The smallest absolute Gasteiger partial charge is 0.00416 e. The summed E-state index contributed by atoms with van der Waals surface area (Å²) in [6, 6.07) is 0.503. The lowest BCUT2D eigenvalue weighted by Gasteiger charge is -2.32. The summed E-state index contributed by atoms with van der Waals surface area (Å²) in [7, 11) is 0. The lowest BCUT2D eigenvalue weighted by Crippen LogP contribution is -2.32. The van der Waals surface area contributed by atoms with Gasteiger partial charge in [0.1, 0.15) is 0 Å². The zero-order valence-corrected chi connectivity index (χ0v) is 8.55. The van der Waals surface area contributed by atoms with E-state index >= 15 is 0 Å². The molecule has 0 amide bonds. The average Bonchev–Trinajstić information content (AvgIpc) is 2.07. The summed E-state index contributed by atoms with van der Waals surface area (Å²) in [6.45, 7) is 4.67. The highest BCUT2D eigenvalue weighted by Crippen LogP contribution is 2.32. The van der Waals surface area contributed by atoms with E-state index in [1.165, 1.54) is 38.5 Å². The first-order chi connectivity index (χ1) is 5.74. The van der Waals surface area contributed by atoms with Gasteiger partial charge in [0, 0.05) is 6.04 Å². The molecule has 3 unspecified atom stereocenters. The van der Waals surface area contributed by atoms with E-state index in [-0.39, 0.29) is 0 Å². The maximum atomic E-state index is 5.96. The van der Waals surface area contributed by atoms with E-state index in [0.717, 1.165) is 11.8 Å². The highest BCUT2D eigenvalue weighted by Gasteiger charge is 2.24. The lowest BCUT2D eigenvalue weighted by molar-refractivity contribution is 0.216. The summed E-state index contributed by atoms with van der Waals surface area (Å²) in [4.78, 5) is 0. The van der Waals surface area contributed by atoms with E-state index in [1.54, 1.807) is 0 Å². The van der Waals surface area contributed by atoms with Crippen LogP contribution in [0.1, 0.15) is 52.4 Å². The third kappa shape index (κ3) is 2.78. The Balaban J connectivity index is 2.28. The van der Waals surface area contributed by atoms with Gasteiger partial charge in [0.05, 0.1) is 0 Å². The minimum absolute atomic E-state index is 0.503. The maximum absolute atomic E-state index is 5.96. The molecule has 12 heavy (non-hydrogen) atoms. The molecule has 1 rings (SSSR count). The highest BCUT2D eigenvalue weighted by atomic mass is 14.6. The second-order valence-corrected chi connectivity index (χ2v) is 4.45. The van der Waals surface area contributed by atoms with Gasteiger partial charge in [-0.15, -0.1) is 0 Å². The summed E-state index contributed by atoms with van der Waals surface area (Å²) < 4.78 is 0. The van der Waals surface area contributed by atoms with Crippen molar-refractivity contribution < 1.29 is 0 Å². The molecule has 2 N–H and O–H groups in total. The number of hydrogen-bond donors (Lipinski definition) is 1. The van der Waals surface area contributed by atoms with Crippen LogP contribution in [0.25, 0.3) is 0 Å². The predicted molar refractivity (Wildman–Crippen MR) is 54.0 cm³/mol. The van der Waals surface area contributed by atoms with Crippen molar-refractivity contribution in [1.82, 2.24) is 0 Å². The lowest BCUT2D eigenvalue weighted by atomic mass is 9.76. The molecule has 0 aromatic heterocycles. The van der Waals surface area contributed by atoms with Gasteiger partial charge >= 0.3 is 0 Å². The summed E-state index contributed by atoms with van der Waals surface area (Å²) in [5.74, 6) is 1.85. The van der Waals surface area contributed by atoms with Gasteiger partial charge in [0.25, 0.3) is 0 Å². The molecule has 0 radical (unpaired) electrons. The number of nitrogens with two attached hydrogens (primary N) is 1. The van der Waals surface area contributed by atoms with Gasteiger partial charge in [-0.3, -0.25) is 0 Å². The van der Waals surface area contributed by atoms with Crippen LogP contribution < -0.4 is 5.73 Å². The van der Waals surface area contributed by atoms with Crippen molar-refractivity contribution in [3.63, 3.8) is 0 Å². The minimum atomic E-state index is 0.503. The third-order valence-corrected chi connectivity index (χ3v) is 3.33. The minimum Gasteiger partial charge on any atom is -0.328 e. The summed E-state index contributed by atoms with van der Waals surface area (Å²) in [5.41, 5.74) is 5.96. The number of unbranched alkanes of at least 4 members (excludes halogenated alkanes) is 1. The predicted octanol–water partition coefficient (Wildman–Crippen LogP) is 2.94. The van der Waals surface area contributed by atoms with Crippen molar-refractivity contribution in [2.45, 2.75) is 58.4 Å². The number of rotatable bonds is 3. The fourth-order valence-corrected chi connectivity index (χ4v) is 2.32. The molecular weight excluding hydrogens is 146 g/mol. The van der Waals surface area contributed by atoms with Crippen LogP contribution in [0, 0.1) is 11.8 Å². The first-order valence-electron chi connectivity index (χ1n) is 5.49. The van der Waals surface area contributed by atoms with Gasteiger partial charge in [0.2, 0.25) is 0 Å². The van der Waals surface area contributed by atoms with Crippen molar-refractivity contribution in [1.29, 1.82) is 0 Å². The fraction of sp³-hybridized carbons (Fsp3) is 1.00. The van der Waals surface area contributed by atoms with Crippen LogP contribution >= 0.6 is 0 Å². The monoisotopic (exact) mass is 169 g/mol. The molecule has 0 aromatic rings. The SMILES string of the molecule is CCCCC1CC(N)CCC1C. The molecule has 1 fully saturated rings. The Labute approximate surface area is 76.7 Å². The van der Waals surface area contributed by atoms with Crippen molar-refractivity contribution in [3.05, 3.63) is 0 Å². The Hall–Kier alpha value is -0.0400. The maximum Gasteiger partial charge on any atom is 0.00416 e. The van der Waals surface area contributed by atoms with Crippen LogP contribution in [0.15, 0.2) is 0 Å². The zero-order valence-electron chi connectivity index (χ0n) is 8.55. The molecule has 0 heterocycles. The summed E-state index contributed by atoms with van der Waals surface area (Å²) >= 11 is 0. The molecule has 3 atom stereocenters. The molecule has 0 saturated heterocycles. The Bertz CT molecular complexity index is 122. The van der Waals surface area contributed by atoms with Crippen LogP contribution in [0.5, 0.6) is 0 Å². The molecule has 1 nitrogen and oxygen atoms in total. The van der Waals surface area contributed by atoms with Gasteiger partial charge in [-0.2, -0.15) is 0 Å². The van der Waals surface area contributed by atoms with E-state index in [4.69, 9.17) is 5.73 Å². The van der Waals surface area contributed by atoms with Gasteiger partial charge < -0.3 is 5.73 Å². The Morgan fingerprint density at radius 2 is 2.08 bits per heavy atom. The first kappa shape index (κ1) is 10.0. The van der Waals surface area contributed by atoms with Gasteiger partial charge in [-0.05, 0) is 31.1 Å². The standard InChI is InChI=1S/C11H23N/c1-3-4-5-10-8-11(12)7-6-9(10)2/h9-11H,3-8,12H2,1-2H3. The second kappa shape index (κ2) is 4.86. The quantitative estimate of drug-likeness (QED) is 0.690. The molecule has 0 bridgehead atoms. The molecular formula is C11H23N. The van der Waals surface area contributed by atoms with Gasteiger partial charge in [-0.1, -0.05) is 33.1 Å². The second-order valence-electron chi connectivity index (χ2n) is 4.45. The normalized spacial score (nSPS) is 36.8. The van der Waals surface area contributed by atoms with E-state index in [2.05, 4.69) is 13.8 Å². The third-order valence-electron chi connectivity index (χ3n) is 3.33. The molecule has 1 heteroatoms. The van der Waals surface area contributed by atoms with E-state index in [0.29, 0.717) is 6.04 Å². The zero-order chi connectivity index (χ0) is 8.97. The summed E-state index contributed by atoms with van der Waals surface area (Å²) in [5, 5.41) is 0. The molecule has 0 aliphatic heterocycles. The van der Waals surface area contributed by atoms with Crippen molar-refractivity contribution in [2.75, 3.05) is 0 Å². The van der Waals surface area contributed by atoms with Gasteiger partial charge in [-0.25, -0.2) is 0 Å². The van der Waals surface area contributed by atoms with Crippen molar-refractivity contribution in [2.24, 2.45) is 17.6 Å². The van der Waals surface area contributed by atoms with Crippen molar-refractivity contribution >= 4 is 0 Å². The van der Waals surface area contributed by atoms with E-state index in [9.17, 15) is 0 Å². The molecule has 0 aromatic carbocycles. The topological polar surface area (TPSA) is 26.0 Å². The fourth-order valence-electron chi connectivity index (χ4n) is 2.32. The van der Waals surface area contributed by atoms with Crippen LogP contribution in [0.2, 0.25) is 0 Å². The van der Waals surface area contributed by atoms with Crippen LogP contribution in [-0.2, 0) is 0 Å². The molecule has 1 aliphatic rings. The molecule has 72 valence electrons. The van der Waals surface area contributed by atoms with Crippen LogP contribution in [0.3, 0.4) is 0 Å². The van der Waals surface area contributed by atoms with E-state index in [1.807, 2.05) is 0 Å². The van der Waals surface area contributed by atoms with Gasteiger partial charge in [0.15, 0.2) is 0 Å². The van der Waals surface area contributed by atoms with Crippen LogP contribution in [-0.4, -0.2) is 6.04 Å². The Morgan fingerprint density at radius 1 is 1.33 bits per heavy atom. The summed E-state index contributed by atoms with van der Waals surface area (Å²) in [6.07, 6.45) is 8.02. The molecule has 1 saturated carbocycles. The van der Waals surface area contributed by atoms with Crippen molar-refractivity contribution in [3.8, 4) is 0 Å². The Kier molecular flexibility index (Phi) is 4.07. The molecule has 1 aliphatic carbocycles. The molecule has 0 spiro atoms. The van der Waals surface area contributed by atoms with Crippen LogP contribution in [0.4, 0.5) is 0 Å².